The number of rotatable bonds is 7. The zero-order valence-electron chi connectivity index (χ0n) is 14.8. The van der Waals surface area contributed by atoms with Crippen LogP contribution in [0.25, 0.3) is 0 Å². The Bertz CT molecular complexity index is 773. The fourth-order valence-corrected chi connectivity index (χ4v) is 3.00. The van der Waals surface area contributed by atoms with Gasteiger partial charge in [0.05, 0.1) is 11.3 Å². The van der Waals surface area contributed by atoms with Crippen LogP contribution >= 0.6 is 23.2 Å². The van der Waals surface area contributed by atoms with Crippen molar-refractivity contribution in [1.82, 2.24) is 5.32 Å². The fourth-order valence-electron chi connectivity index (χ4n) is 2.42. The predicted molar refractivity (Wildman–Crippen MR) is 107 cm³/mol. The van der Waals surface area contributed by atoms with Gasteiger partial charge in [-0.2, -0.15) is 0 Å². The zero-order chi connectivity index (χ0) is 19.1. The molecule has 2 aromatic carbocycles. The Kier molecular flexibility index (Phi) is 7.49. The topological polar surface area (TPSA) is 58.2 Å². The summed E-state index contributed by atoms with van der Waals surface area (Å²) in [4.78, 5) is 24.7. The van der Waals surface area contributed by atoms with E-state index >= 15 is 0 Å². The quantitative estimate of drug-likeness (QED) is 0.688. The van der Waals surface area contributed by atoms with Crippen molar-refractivity contribution in [3.8, 4) is 0 Å². The highest BCUT2D eigenvalue weighted by Gasteiger charge is 2.15. The number of halogens is 2. The molecule has 0 fully saturated rings. The minimum absolute atomic E-state index is 0.0635. The van der Waals surface area contributed by atoms with Crippen molar-refractivity contribution >= 4 is 40.7 Å². The molecule has 0 aromatic heterocycles. The molecule has 2 rings (SSSR count). The molecule has 2 amide bonds. The summed E-state index contributed by atoms with van der Waals surface area (Å²) in [6.07, 6.45) is 1.47. The molecule has 0 aliphatic rings. The zero-order valence-corrected chi connectivity index (χ0v) is 16.3. The molecule has 2 aromatic rings. The van der Waals surface area contributed by atoms with Gasteiger partial charge in [0.25, 0.3) is 5.91 Å². The number of nitrogens with one attached hydrogen (secondary N) is 2. The summed E-state index contributed by atoms with van der Waals surface area (Å²) in [6.45, 7) is 3.94. The van der Waals surface area contributed by atoms with E-state index in [2.05, 4.69) is 10.6 Å². The molecule has 4 nitrogen and oxygen atoms in total. The second-order valence-electron chi connectivity index (χ2n) is 6.08. The normalized spacial score (nSPS) is 11.7. The van der Waals surface area contributed by atoms with Crippen LogP contribution in [-0.4, -0.2) is 17.9 Å². The van der Waals surface area contributed by atoms with E-state index in [1.54, 1.807) is 42.5 Å². The van der Waals surface area contributed by atoms with Crippen molar-refractivity contribution in [2.75, 3.05) is 5.32 Å². The van der Waals surface area contributed by atoms with E-state index in [0.717, 1.165) is 12.0 Å². The van der Waals surface area contributed by atoms with Crippen molar-refractivity contribution in [3.63, 3.8) is 0 Å². The van der Waals surface area contributed by atoms with E-state index in [1.165, 1.54) is 0 Å². The Balaban J connectivity index is 2.04. The third-order valence-corrected chi connectivity index (χ3v) is 4.81. The van der Waals surface area contributed by atoms with Gasteiger partial charge in [0.15, 0.2) is 0 Å². The number of amides is 2. The highest BCUT2D eigenvalue weighted by Crippen LogP contribution is 2.25. The minimum Gasteiger partial charge on any atom is -0.350 e. The van der Waals surface area contributed by atoms with Crippen LogP contribution in [0.2, 0.25) is 10.0 Å². The van der Waals surface area contributed by atoms with Gasteiger partial charge in [0.1, 0.15) is 0 Å². The van der Waals surface area contributed by atoms with Gasteiger partial charge in [0.2, 0.25) is 5.91 Å². The SMILES string of the molecule is CCC(C)NC(=O)c1ccccc1NC(=O)CCc1c(Cl)cccc1Cl. The maximum atomic E-state index is 12.4. The number of benzene rings is 2. The largest absolute Gasteiger partial charge is 0.350 e. The molecule has 0 radical (unpaired) electrons. The molecule has 26 heavy (non-hydrogen) atoms. The van der Waals surface area contributed by atoms with Crippen molar-refractivity contribution in [2.45, 2.75) is 39.2 Å². The molecule has 2 N–H and O–H groups in total. The van der Waals surface area contributed by atoms with Crippen LogP contribution in [0.1, 0.15) is 42.6 Å². The predicted octanol–water partition coefficient (Wildman–Crippen LogP) is 5.09. The Morgan fingerprint density at radius 3 is 2.35 bits per heavy atom. The smallest absolute Gasteiger partial charge is 0.253 e. The van der Waals surface area contributed by atoms with Gasteiger partial charge >= 0.3 is 0 Å². The first-order valence-corrected chi connectivity index (χ1v) is 9.30. The lowest BCUT2D eigenvalue weighted by atomic mass is 10.1. The molecular weight excluding hydrogens is 371 g/mol. The third kappa shape index (κ3) is 5.48. The maximum absolute atomic E-state index is 12.4. The first-order chi connectivity index (χ1) is 12.4. The van der Waals surface area contributed by atoms with Crippen LogP contribution in [0.15, 0.2) is 42.5 Å². The van der Waals surface area contributed by atoms with Gasteiger partial charge < -0.3 is 10.6 Å². The van der Waals surface area contributed by atoms with Gasteiger partial charge in [-0.05, 0) is 49.6 Å². The summed E-state index contributed by atoms with van der Waals surface area (Å²) in [5.41, 5.74) is 1.68. The molecule has 0 spiro atoms. The number of carbonyl (C=O) groups excluding carboxylic acids is 2. The van der Waals surface area contributed by atoms with Crippen LogP contribution in [0.5, 0.6) is 0 Å². The fraction of sp³-hybridized carbons (Fsp3) is 0.300. The molecule has 0 saturated carbocycles. The highest BCUT2D eigenvalue weighted by atomic mass is 35.5. The molecule has 138 valence electrons. The van der Waals surface area contributed by atoms with E-state index in [0.29, 0.717) is 27.7 Å². The van der Waals surface area contributed by atoms with Crippen LogP contribution in [-0.2, 0) is 11.2 Å². The first-order valence-electron chi connectivity index (χ1n) is 8.55. The van der Waals surface area contributed by atoms with Crippen molar-refractivity contribution in [1.29, 1.82) is 0 Å². The average molecular weight is 393 g/mol. The lowest BCUT2D eigenvalue weighted by molar-refractivity contribution is -0.116. The Morgan fingerprint density at radius 2 is 1.69 bits per heavy atom. The van der Waals surface area contributed by atoms with E-state index in [-0.39, 0.29) is 24.3 Å². The molecule has 1 unspecified atom stereocenters. The molecule has 0 aliphatic heterocycles. The number of hydrogen-bond donors (Lipinski definition) is 2. The second kappa shape index (κ2) is 9.60. The standard InChI is InChI=1S/C20H22Cl2N2O2/c1-3-13(2)23-20(26)15-7-4-5-10-18(15)24-19(25)12-11-14-16(21)8-6-9-17(14)22/h4-10,13H,3,11-12H2,1-2H3,(H,23,26)(H,24,25). The van der Waals surface area contributed by atoms with E-state index in [9.17, 15) is 9.59 Å². The van der Waals surface area contributed by atoms with E-state index < -0.39 is 0 Å². The summed E-state index contributed by atoms with van der Waals surface area (Å²) in [6, 6.07) is 12.3. The molecule has 1 atom stereocenters. The maximum Gasteiger partial charge on any atom is 0.253 e. The summed E-state index contributed by atoms with van der Waals surface area (Å²) in [7, 11) is 0. The van der Waals surface area contributed by atoms with Gasteiger partial charge in [-0.15, -0.1) is 0 Å². The molecule has 0 heterocycles. The van der Waals surface area contributed by atoms with Crippen LogP contribution in [0.3, 0.4) is 0 Å². The highest BCUT2D eigenvalue weighted by molar-refractivity contribution is 6.36. The summed E-state index contributed by atoms with van der Waals surface area (Å²) < 4.78 is 0. The summed E-state index contributed by atoms with van der Waals surface area (Å²) in [5, 5.41) is 6.79. The van der Waals surface area contributed by atoms with Gasteiger partial charge in [-0.1, -0.05) is 48.3 Å². The number of carbonyl (C=O) groups is 2. The lowest BCUT2D eigenvalue weighted by Gasteiger charge is -2.15. The van der Waals surface area contributed by atoms with Crippen molar-refractivity contribution < 1.29 is 9.59 Å². The van der Waals surface area contributed by atoms with Crippen molar-refractivity contribution in [2.24, 2.45) is 0 Å². The molecule has 0 aliphatic carbocycles. The number of hydrogen-bond acceptors (Lipinski definition) is 2. The van der Waals surface area contributed by atoms with Crippen LogP contribution < -0.4 is 10.6 Å². The van der Waals surface area contributed by atoms with E-state index in [4.69, 9.17) is 23.2 Å². The Morgan fingerprint density at radius 1 is 1.04 bits per heavy atom. The molecule has 0 bridgehead atoms. The summed E-state index contributed by atoms with van der Waals surface area (Å²) in [5.74, 6) is -0.408. The first kappa shape index (κ1) is 20.3. The second-order valence-corrected chi connectivity index (χ2v) is 6.89. The number of para-hydroxylation sites is 1. The minimum atomic E-state index is -0.204. The average Bonchev–Trinajstić information content (AvgIpc) is 2.61. The number of anilines is 1. The van der Waals surface area contributed by atoms with Gasteiger partial charge in [-0.25, -0.2) is 0 Å². The van der Waals surface area contributed by atoms with Crippen LogP contribution in [0.4, 0.5) is 5.69 Å². The van der Waals surface area contributed by atoms with Crippen molar-refractivity contribution in [3.05, 3.63) is 63.6 Å². The van der Waals surface area contributed by atoms with E-state index in [1.807, 2.05) is 13.8 Å². The van der Waals surface area contributed by atoms with Gasteiger partial charge in [-0.3, -0.25) is 9.59 Å². The molecular formula is C20H22Cl2N2O2. The Labute approximate surface area is 163 Å². The van der Waals surface area contributed by atoms with Gasteiger partial charge in [0, 0.05) is 22.5 Å². The molecule has 0 saturated heterocycles. The molecule has 6 heteroatoms. The lowest BCUT2D eigenvalue weighted by Crippen LogP contribution is -2.32. The van der Waals surface area contributed by atoms with Crippen LogP contribution in [0, 0.1) is 0 Å². The monoisotopic (exact) mass is 392 g/mol. The Hall–Kier alpha value is -2.04. The third-order valence-electron chi connectivity index (χ3n) is 4.10. The summed E-state index contributed by atoms with van der Waals surface area (Å²) >= 11 is 12.3.